The molecule has 0 bridgehead atoms. The first-order valence-electron chi connectivity index (χ1n) is 7.77. The molecule has 24 heavy (non-hydrogen) atoms. The second kappa shape index (κ2) is 8.31. The van der Waals surface area contributed by atoms with Crippen molar-refractivity contribution in [2.45, 2.75) is 39.7 Å². The quantitative estimate of drug-likeness (QED) is 0.744. The summed E-state index contributed by atoms with van der Waals surface area (Å²) in [6, 6.07) is 8.66. The molecule has 0 fully saturated rings. The number of ether oxygens (including phenoxy) is 1. The first-order chi connectivity index (χ1) is 11.4. The van der Waals surface area contributed by atoms with Gasteiger partial charge in [-0.05, 0) is 50.1 Å². The number of benzene rings is 1. The second-order valence-electron chi connectivity index (χ2n) is 5.49. The number of hydrogen-bond acceptors (Lipinski definition) is 4. The van der Waals surface area contributed by atoms with E-state index in [1.54, 1.807) is 31.2 Å². The van der Waals surface area contributed by atoms with Crippen LogP contribution < -0.4 is 5.32 Å². The average molecular weight is 366 g/mol. The largest absolute Gasteiger partial charge is 0.448 e. The van der Waals surface area contributed by atoms with E-state index in [2.05, 4.69) is 12.2 Å². The summed E-state index contributed by atoms with van der Waals surface area (Å²) in [4.78, 5) is 26.0. The number of thiophene rings is 1. The minimum absolute atomic E-state index is 0.396. The van der Waals surface area contributed by atoms with Crippen molar-refractivity contribution in [2.75, 3.05) is 5.32 Å². The van der Waals surface area contributed by atoms with Crippen LogP contribution in [-0.4, -0.2) is 18.0 Å². The van der Waals surface area contributed by atoms with E-state index in [0.717, 1.165) is 23.3 Å². The van der Waals surface area contributed by atoms with Crippen LogP contribution in [-0.2, 0) is 16.0 Å². The van der Waals surface area contributed by atoms with Crippen LogP contribution in [0.25, 0.3) is 0 Å². The smallest absolute Gasteiger partial charge is 0.349 e. The van der Waals surface area contributed by atoms with E-state index in [4.69, 9.17) is 16.3 Å². The predicted molar refractivity (Wildman–Crippen MR) is 98.0 cm³/mol. The highest BCUT2D eigenvalue weighted by atomic mass is 35.5. The normalized spacial score (nSPS) is 11.8. The lowest BCUT2D eigenvalue weighted by Gasteiger charge is -2.13. The molecule has 1 aromatic heterocycles. The fraction of sp³-hybridized carbons (Fsp3) is 0.333. The number of halogens is 1. The van der Waals surface area contributed by atoms with Crippen LogP contribution in [0, 0.1) is 6.92 Å². The zero-order valence-electron chi connectivity index (χ0n) is 13.9. The van der Waals surface area contributed by atoms with E-state index in [0.29, 0.717) is 15.6 Å². The lowest BCUT2D eigenvalue weighted by Crippen LogP contribution is -2.29. The third-order valence-electron chi connectivity index (χ3n) is 3.49. The van der Waals surface area contributed by atoms with Crippen LogP contribution in [0.4, 0.5) is 5.69 Å². The summed E-state index contributed by atoms with van der Waals surface area (Å²) >= 11 is 7.28. The summed E-state index contributed by atoms with van der Waals surface area (Å²) in [5.74, 6) is -0.869. The van der Waals surface area contributed by atoms with E-state index in [9.17, 15) is 9.59 Å². The fourth-order valence-electron chi connectivity index (χ4n) is 2.22. The van der Waals surface area contributed by atoms with E-state index in [-0.39, 0.29) is 0 Å². The molecule has 1 amide bonds. The van der Waals surface area contributed by atoms with Gasteiger partial charge in [-0.1, -0.05) is 31.0 Å². The Morgan fingerprint density at radius 2 is 2.08 bits per heavy atom. The van der Waals surface area contributed by atoms with Crippen molar-refractivity contribution < 1.29 is 14.3 Å². The molecule has 0 spiro atoms. The molecule has 4 nitrogen and oxygen atoms in total. The predicted octanol–water partition coefficient (Wildman–Crippen LogP) is 4.85. The first-order valence-corrected chi connectivity index (χ1v) is 8.97. The van der Waals surface area contributed by atoms with Crippen LogP contribution in [0.1, 0.15) is 40.4 Å². The Morgan fingerprint density at radius 3 is 2.75 bits per heavy atom. The van der Waals surface area contributed by atoms with Crippen molar-refractivity contribution in [1.29, 1.82) is 0 Å². The highest BCUT2D eigenvalue weighted by molar-refractivity contribution is 7.14. The Kier molecular flexibility index (Phi) is 6.40. The fourth-order valence-corrected chi connectivity index (χ4v) is 3.37. The number of anilines is 1. The molecule has 6 heteroatoms. The zero-order chi connectivity index (χ0) is 17.7. The van der Waals surface area contributed by atoms with Gasteiger partial charge in [0.2, 0.25) is 0 Å². The van der Waals surface area contributed by atoms with Gasteiger partial charge in [0, 0.05) is 15.6 Å². The highest BCUT2D eigenvalue weighted by Crippen LogP contribution is 2.24. The van der Waals surface area contributed by atoms with Gasteiger partial charge in [0.25, 0.3) is 5.91 Å². The number of aryl methyl sites for hydroxylation is 2. The summed E-state index contributed by atoms with van der Waals surface area (Å²) in [5, 5.41) is 3.20. The molecule has 0 unspecified atom stereocenters. The lowest BCUT2D eigenvalue weighted by atomic mass is 10.1. The van der Waals surface area contributed by atoms with E-state index < -0.39 is 18.0 Å². The van der Waals surface area contributed by atoms with E-state index in [1.807, 2.05) is 13.0 Å². The minimum Gasteiger partial charge on any atom is -0.448 e. The van der Waals surface area contributed by atoms with Gasteiger partial charge in [0.15, 0.2) is 6.10 Å². The van der Waals surface area contributed by atoms with Crippen molar-refractivity contribution >= 4 is 40.5 Å². The maximum absolute atomic E-state index is 12.2. The number of nitrogens with one attached hydrogen (secondary N) is 1. The maximum Gasteiger partial charge on any atom is 0.349 e. The van der Waals surface area contributed by atoms with E-state index in [1.165, 1.54) is 11.3 Å². The Bertz CT molecular complexity index is 742. The molecule has 2 rings (SSSR count). The molecular weight excluding hydrogens is 346 g/mol. The number of amides is 1. The molecular formula is C18H20ClNO3S. The average Bonchev–Trinajstić information content (AvgIpc) is 2.89. The standard InChI is InChI=1S/C18H20ClNO3S/c1-4-6-13-9-16(24-12(13)3)18(22)23-11(2)17(21)20-15-8-5-7-14(19)10-15/h5,7-11H,4,6H2,1-3H3,(H,20,21)/t11-/m0/s1. The summed E-state index contributed by atoms with van der Waals surface area (Å²) in [7, 11) is 0. The van der Waals surface area contributed by atoms with Gasteiger partial charge >= 0.3 is 5.97 Å². The maximum atomic E-state index is 12.2. The number of hydrogen-bond donors (Lipinski definition) is 1. The summed E-state index contributed by atoms with van der Waals surface area (Å²) in [6.45, 7) is 5.63. The van der Waals surface area contributed by atoms with Crippen LogP contribution in [0.5, 0.6) is 0 Å². The third kappa shape index (κ3) is 4.82. The Morgan fingerprint density at radius 1 is 1.33 bits per heavy atom. The van der Waals surface area contributed by atoms with Gasteiger partial charge in [-0.2, -0.15) is 0 Å². The van der Waals surface area contributed by atoms with Gasteiger partial charge in [-0.15, -0.1) is 11.3 Å². The summed E-state index contributed by atoms with van der Waals surface area (Å²) in [5.41, 5.74) is 1.72. The number of carbonyl (C=O) groups is 2. The van der Waals surface area contributed by atoms with Crippen molar-refractivity contribution in [3.05, 3.63) is 50.7 Å². The number of rotatable bonds is 6. The lowest BCUT2D eigenvalue weighted by molar-refractivity contribution is -0.123. The SMILES string of the molecule is CCCc1cc(C(=O)O[C@@H](C)C(=O)Nc2cccc(Cl)c2)sc1C. The van der Waals surface area contributed by atoms with Gasteiger partial charge in [-0.25, -0.2) is 4.79 Å². The van der Waals surface area contributed by atoms with Crippen LogP contribution in [0.3, 0.4) is 0 Å². The molecule has 2 aromatic rings. The van der Waals surface area contributed by atoms with Crippen LogP contribution in [0.15, 0.2) is 30.3 Å². The Labute approximate surface area is 150 Å². The Balaban J connectivity index is 1.97. The second-order valence-corrected chi connectivity index (χ2v) is 7.18. The monoisotopic (exact) mass is 365 g/mol. The topological polar surface area (TPSA) is 55.4 Å². The van der Waals surface area contributed by atoms with Gasteiger partial charge in [0.1, 0.15) is 4.88 Å². The van der Waals surface area contributed by atoms with E-state index >= 15 is 0 Å². The molecule has 0 aliphatic heterocycles. The Hall–Kier alpha value is -1.85. The molecule has 0 saturated carbocycles. The molecule has 0 radical (unpaired) electrons. The molecule has 1 atom stereocenters. The van der Waals surface area contributed by atoms with Crippen molar-refractivity contribution in [2.24, 2.45) is 0 Å². The molecule has 0 saturated heterocycles. The van der Waals surface area contributed by atoms with Crippen molar-refractivity contribution in [3.63, 3.8) is 0 Å². The number of esters is 1. The molecule has 128 valence electrons. The van der Waals surface area contributed by atoms with Crippen molar-refractivity contribution in [3.8, 4) is 0 Å². The van der Waals surface area contributed by atoms with Crippen molar-refractivity contribution in [1.82, 2.24) is 0 Å². The molecule has 1 heterocycles. The molecule has 0 aliphatic carbocycles. The first kappa shape index (κ1) is 18.5. The molecule has 0 aliphatic rings. The van der Waals surface area contributed by atoms with Gasteiger partial charge < -0.3 is 10.1 Å². The molecule has 1 aromatic carbocycles. The summed E-state index contributed by atoms with van der Waals surface area (Å²) < 4.78 is 5.27. The highest BCUT2D eigenvalue weighted by Gasteiger charge is 2.21. The van der Waals surface area contributed by atoms with Crippen LogP contribution >= 0.6 is 22.9 Å². The minimum atomic E-state index is -0.895. The molecule has 1 N–H and O–H groups in total. The van der Waals surface area contributed by atoms with Crippen LogP contribution in [0.2, 0.25) is 5.02 Å². The zero-order valence-corrected chi connectivity index (χ0v) is 15.5. The van der Waals surface area contributed by atoms with Gasteiger partial charge in [-0.3, -0.25) is 4.79 Å². The number of carbonyl (C=O) groups excluding carboxylic acids is 2. The third-order valence-corrected chi connectivity index (χ3v) is 4.79. The van der Waals surface area contributed by atoms with Gasteiger partial charge in [0.05, 0.1) is 0 Å². The summed E-state index contributed by atoms with van der Waals surface area (Å²) in [6.07, 6.45) is 1.05.